The van der Waals surface area contributed by atoms with Crippen molar-refractivity contribution < 1.29 is 13.6 Å². The zero-order chi connectivity index (χ0) is 11.9. The second-order valence-corrected chi connectivity index (χ2v) is 11.9. The first-order chi connectivity index (χ1) is 6.83. The highest BCUT2D eigenvalue weighted by atomic mass is 31.2. The molecule has 15 heavy (non-hydrogen) atoms. The molecule has 0 N–H and O–H groups in total. The Hall–Kier alpha value is 0.107. The van der Waals surface area contributed by atoms with E-state index in [1.165, 1.54) is 0 Å². The lowest BCUT2D eigenvalue weighted by atomic mass is 10.8. The molecule has 90 valence electrons. The molecule has 0 bridgehead atoms. The molecular formula is C10H23O3PSi. The van der Waals surface area contributed by atoms with E-state index < -0.39 is 15.7 Å². The molecule has 0 aromatic carbocycles. The van der Waals surface area contributed by atoms with Gasteiger partial charge in [-0.15, -0.1) is 0 Å². The molecule has 0 aromatic rings. The number of hydrogen-bond acceptors (Lipinski definition) is 3. The molecule has 3 nitrogen and oxygen atoms in total. The van der Waals surface area contributed by atoms with E-state index in [0.29, 0.717) is 13.2 Å². The molecular weight excluding hydrogens is 227 g/mol. The highest BCUT2D eigenvalue weighted by molar-refractivity contribution is 7.57. The average Bonchev–Trinajstić information content (AvgIpc) is 2.01. The molecule has 0 rings (SSSR count). The molecule has 0 heterocycles. The molecule has 0 saturated carbocycles. The van der Waals surface area contributed by atoms with Gasteiger partial charge in [-0.3, -0.25) is 4.57 Å². The summed E-state index contributed by atoms with van der Waals surface area (Å²) in [5.41, 5.74) is 0. The fourth-order valence-corrected chi connectivity index (χ4v) is 3.37. The number of rotatable bonds is 7. The van der Waals surface area contributed by atoms with Crippen LogP contribution < -0.4 is 0 Å². The topological polar surface area (TPSA) is 35.5 Å². The fraction of sp³-hybridized carbons (Fsp3) is 0.800. The van der Waals surface area contributed by atoms with Gasteiger partial charge in [0.15, 0.2) is 0 Å². The van der Waals surface area contributed by atoms with E-state index in [2.05, 4.69) is 19.6 Å². The van der Waals surface area contributed by atoms with Gasteiger partial charge < -0.3 is 9.05 Å². The van der Waals surface area contributed by atoms with Crippen molar-refractivity contribution in [3.05, 3.63) is 11.9 Å². The average molecular weight is 250 g/mol. The normalized spacial score (nSPS) is 13.7. The second kappa shape index (κ2) is 6.64. The largest absolute Gasteiger partial charge is 0.353 e. The van der Waals surface area contributed by atoms with Gasteiger partial charge in [0, 0.05) is 13.9 Å². The monoisotopic (exact) mass is 250 g/mol. The SMILES string of the molecule is CCOP(=O)(C=CC[Si](C)(C)C)OCC. The van der Waals surface area contributed by atoms with Crippen molar-refractivity contribution in [3.8, 4) is 0 Å². The first-order valence-corrected chi connectivity index (χ1v) is 10.7. The van der Waals surface area contributed by atoms with Crippen LogP contribution in [0, 0.1) is 0 Å². The Bertz CT molecular complexity index is 236. The molecule has 0 unspecified atom stereocenters. The van der Waals surface area contributed by atoms with Crippen molar-refractivity contribution in [2.75, 3.05) is 13.2 Å². The van der Waals surface area contributed by atoms with Gasteiger partial charge in [-0.1, -0.05) is 25.7 Å². The Morgan fingerprint density at radius 2 is 1.60 bits per heavy atom. The van der Waals surface area contributed by atoms with Crippen molar-refractivity contribution in [1.29, 1.82) is 0 Å². The molecule has 0 aliphatic rings. The van der Waals surface area contributed by atoms with E-state index >= 15 is 0 Å². The quantitative estimate of drug-likeness (QED) is 0.504. The van der Waals surface area contributed by atoms with Crippen molar-refractivity contribution in [2.24, 2.45) is 0 Å². The maximum atomic E-state index is 12.0. The lowest BCUT2D eigenvalue weighted by molar-refractivity contribution is 0.229. The highest BCUT2D eigenvalue weighted by Crippen LogP contribution is 2.49. The molecule has 0 atom stereocenters. The summed E-state index contributed by atoms with van der Waals surface area (Å²) in [6.45, 7) is 11.3. The Morgan fingerprint density at radius 3 is 1.93 bits per heavy atom. The van der Waals surface area contributed by atoms with E-state index in [1.54, 1.807) is 5.82 Å². The van der Waals surface area contributed by atoms with Crippen LogP contribution in [0.3, 0.4) is 0 Å². The molecule has 0 amide bonds. The first-order valence-electron chi connectivity index (χ1n) is 5.39. The van der Waals surface area contributed by atoms with Crippen LogP contribution in [0.25, 0.3) is 0 Å². The van der Waals surface area contributed by atoms with Crippen LogP contribution in [0.2, 0.25) is 25.7 Å². The van der Waals surface area contributed by atoms with Gasteiger partial charge in [-0.25, -0.2) is 0 Å². The van der Waals surface area contributed by atoms with Gasteiger partial charge in [0.05, 0.1) is 13.2 Å². The van der Waals surface area contributed by atoms with Crippen molar-refractivity contribution in [2.45, 2.75) is 39.5 Å². The summed E-state index contributed by atoms with van der Waals surface area (Å²) in [5, 5.41) is 0. The Kier molecular flexibility index (Phi) is 6.69. The molecule has 0 fully saturated rings. The summed E-state index contributed by atoms with van der Waals surface area (Å²) in [4.78, 5) is 0. The lowest BCUT2D eigenvalue weighted by Crippen LogP contribution is -2.17. The van der Waals surface area contributed by atoms with Crippen molar-refractivity contribution >= 4 is 15.7 Å². The summed E-state index contributed by atoms with van der Waals surface area (Å²) in [5.74, 6) is 1.61. The van der Waals surface area contributed by atoms with Crippen LogP contribution in [-0.2, 0) is 13.6 Å². The summed E-state index contributed by atoms with van der Waals surface area (Å²) in [6.07, 6.45) is 1.94. The second-order valence-electron chi connectivity index (χ2n) is 4.52. The van der Waals surface area contributed by atoms with Gasteiger partial charge in [0.2, 0.25) is 0 Å². The number of allylic oxidation sites excluding steroid dienone is 1. The molecule has 0 spiro atoms. The highest BCUT2D eigenvalue weighted by Gasteiger charge is 2.19. The molecule has 5 heteroatoms. The van der Waals surface area contributed by atoms with Crippen LogP contribution in [0.4, 0.5) is 0 Å². The first kappa shape index (κ1) is 15.1. The Balaban J connectivity index is 4.34. The zero-order valence-corrected chi connectivity index (χ0v) is 12.3. The van der Waals surface area contributed by atoms with Gasteiger partial charge in [0.25, 0.3) is 0 Å². The molecule has 0 saturated heterocycles. The molecule has 0 radical (unpaired) electrons. The third kappa shape index (κ3) is 7.97. The zero-order valence-electron chi connectivity index (χ0n) is 10.4. The standard InChI is InChI=1S/C10H23O3PSi/c1-6-12-14(11,13-7-2)9-8-10-15(3,4)5/h8-9H,6-7,10H2,1-5H3. The lowest BCUT2D eigenvalue weighted by Gasteiger charge is -2.15. The van der Waals surface area contributed by atoms with Gasteiger partial charge in [-0.05, 0) is 19.9 Å². The third-order valence-corrected chi connectivity index (χ3v) is 4.91. The summed E-state index contributed by atoms with van der Waals surface area (Å²) >= 11 is 0. The molecule has 0 aromatic heterocycles. The minimum atomic E-state index is -2.96. The van der Waals surface area contributed by atoms with Gasteiger partial charge >= 0.3 is 7.60 Å². The van der Waals surface area contributed by atoms with Crippen LogP contribution >= 0.6 is 7.60 Å². The minimum absolute atomic E-state index is 0.411. The van der Waals surface area contributed by atoms with Crippen LogP contribution in [0.1, 0.15) is 13.8 Å². The maximum Gasteiger partial charge on any atom is 0.353 e. The van der Waals surface area contributed by atoms with Crippen LogP contribution in [-0.4, -0.2) is 21.3 Å². The van der Waals surface area contributed by atoms with E-state index in [9.17, 15) is 4.57 Å². The van der Waals surface area contributed by atoms with Gasteiger partial charge in [-0.2, -0.15) is 0 Å². The van der Waals surface area contributed by atoms with E-state index in [1.807, 2.05) is 19.9 Å². The maximum absolute atomic E-state index is 12.0. The Labute approximate surface area is 94.4 Å². The molecule has 0 aliphatic heterocycles. The van der Waals surface area contributed by atoms with Crippen molar-refractivity contribution in [3.63, 3.8) is 0 Å². The smallest absolute Gasteiger partial charge is 0.306 e. The summed E-state index contributed by atoms with van der Waals surface area (Å²) in [7, 11) is -4.09. The predicted molar refractivity (Wildman–Crippen MR) is 68.2 cm³/mol. The van der Waals surface area contributed by atoms with Crippen LogP contribution in [0.5, 0.6) is 0 Å². The predicted octanol–water partition coefficient (Wildman–Crippen LogP) is 4.10. The summed E-state index contributed by atoms with van der Waals surface area (Å²) < 4.78 is 22.3. The fourth-order valence-electron chi connectivity index (χ4n) is 1.02. The third-order valence-electron chi connectivity index (χ3n) is 1.64. The van der Waals surface area contributed by atoms with Gasteiger partial charge in [0.1, 0.15) is 0 Å². The van der Waals surface area contributed by atoms with Crippen LogP contribution in [0.15, 0.2) is 11.9 Å². The Morgan fingerprint density at radius 1 is 1.13 bits per heavy atom. The summed E-state index contributed by atoms with van der Waals surface area (Å²) in [6, 6.07) is 0.997. The molecule has 0 aliphatic carbocycles. The van der Waals surface area contributed by atoms with E-state index in [4.69, 9.17) is 9.05 Å². The number of hydrogen-bond donors (Lipinski definition) is 0. The van der Waals surface area contributed by atoms with E-state index in [0.717, 1.165) is 6.04 Å². The van der Waals surface area contributed by atoms with E-state index in [-0.39, 0.29) is 0 Å². The minimum Gasteiger partial charge on any atom is -0.306 e. The van der Waals surface area contributed by atoms with Crippen molar-refractivity contribution in [1.82, 2.24) is 0 Å².